The summed E-state index contributed by atoms with van der Waals surface area (Å²) < 4.78 is 7.12. The molecule has 2 atom stereocenters. The first kappa shape index (κ1) is 15.4. The highest BCUT2D eigenvalue weighted by molar-refractivity contribution is 7.99. The molecule has 1 aromatic heterocycles. The topological polar surface area (TPSA) is 47.3 Å². The average molecular weight is 272 g/mol. The fraction of sp³-hybridized carbons (Fsp3) is 0.769. The molecular weight excluding hydrogens is 248 g/mol. The molecule has 0 aliphatic rings. The summed E-state index contributed by atoms with van der Waals surface area (Å²) >= 11 is 1.78. The van der Waals surface area contributed by atoms with Crippen LogP contribution in [0.4, 0.5) is 0 Å². The lowest BCUT2D eigenvalue weighted by Gasteiger charge is -2.16. The van der Waals surface area contributed by atoms with E-state index in [2.05, 4.69) is 25.9 Å². The summed E-state index contributed by atoms with van der Waals surface area (Å²) in [4.78, 5) is 0. The third-order valence-corrected chi connectivity index (χ3v) is 4.34. The third kappa shape index (κ3) is 3.92. The van der Waals surface area contributed by atoms with E-state index in [4.69, 9.17) is 4.74 Å². The van der Waals surface area contributed by atoms with Crippen LogP contribution in [0.15, 0.2) is 6.20 Å². The second-order valence-corrected chi connectivity index (χ2v) is 5.86. The van der Waals surface area contributed by atoms with Gasteiger partial charge in [0.05, 0.1) is 13.3 Å². The number of thioether (sulfide) groups is 1. The Kier molecular flexibility index (Phi) is 6.57. The molecule has 0 saturated heterocycles. The summed E-state index contributed by atoms with van der Waals surface area (Å²) in [7, 11) is 1.62. The van der Waals surface area contributed by atoms with Gasteiger partial charge in [0.15, 0.2) is 5.75 Å². The molecule has 0 spiro atoms. The second-order valence-electron chi connectivity index (χ2n) is 4.39. The number of ether oxygens (including phenoxy) is 1. The maximum atomic E-state index is 10.3. The molecule has 0 fully saturated rings. The van der Waals surface area contributed by atoms with Gasteiger partial charge in [-0.05, 0) is 12.8 Å². The van der Waals surface area contributed by atoms with Gasteiger partial charge in [-0.3, -0.25) is 4.68 Å². The Bertz CT molecular complexity index is 355. The summed E-state index contributed by atoms with van der Waals surface area (Å²) in [5.74, 6) is 1.36. The fourth-order valence-corrected chi connectivity index (χ4v) is 2.62. The molecule has 104 valence electrons. The van der Waals surface area contributed by atoms with Gasteiger partial charge in [-0.25, -0.2) is 0 Å². The van der Waals surface area contributed by atoms with Gasteiger partial charge < -0.3 is 9.84 Å². The van der Waals surface area contributed by atoms with Crippen molar-refractivity contribution in [1.82, 2.24) is 9.78 Å². The van der Waals surface area contributed by atoms with Crippen LogP contribution in [0.1, 0.15) is 45.4 Å². The van der Waals surface area contributed by atoms with Gasteiger partial charge in [0.1, 0.15) is 11.8 Å². The standard InChI is InChI=1S/C13H24N2O2S/c1-5-7-15-13(12(17-4)8-14-15)11(16)9-18-10(3)6-2/h8,10-11,16H,5-7,9H2,1-4H3. The second kappa shape index (κ2) is 7.69. The molecule has 1 rings (SSSR count). The number of aromatic nitrogens is 2. The van der Waals surface area contributed by atoms with Gasteiger partial charge in [0.25, 0.3) is 0 Å². The van der Waals surface area contributed by atoms with Gasteiger partial charge >= 0.3 is 0 Å². The number of methoxy groups -OCH3 is 1. The molecular formula is C13H24N2O2S. The van der Waals surface area contributed by atoms with E-state index >= 15 is 0 Å². The van der Waals surface area contributed by atoms with Crippen molar-refractivity contribution >= 4 is 11.8 Å². The number of aryl methyl sites for hydroxylation is 1. The van der Waals surface area contributed by atoms with E-state index in [-0.39, 0.29) is 0 Å². The van der Waals surface area contributed by atoms with Crippen LogP contribution in [0.2, 0.25) is 0 Å². The molecule has 1 heterocycles. The Balaban J connectivity index is 2.75. The lowest BCUT2D eigenvalue weighted by atomic mass is 10.2. The zero-order valence-electron chi connectivity index (χ0n) is 11.7. The largest absolute Gasteiger partial charge is 0.493 e. The van der Waals surface area contributed by atoms with Crippen molar-refractivity contribution < 1.29 is 9.84 Å². The zero-order chi connectivity index (χ0) is 13.5. The first-order valence-electron chi connectivity index (χ1n) is 6.53. The van der Waals surface area contributed by atoms with E-state index in [9.17, 15) is 5.11 Å². The molecule has 1 aromatic rings. The molecule has 4 nitrogen and oxygen atoms in total. The van der Waals surface area contributed by atoms with Crippen molar-refractivity contribution in [2.45, 2.75) is 51.5 Å². The van der Waals surface area contributed by atoms with E-state index in [1.807, 2.05) is 4.68 Å². The summed E-state index contributed by atoms with van der Waals surface area (Å²) in [6.45, 7) is 7.24. The first-order valence-corrected chi connectivity index (χ1v) is 7.58. The van der Waals surface area contributed by atoms with Crippen molar-refractivity contribution in [3.8, 4) is 5.75 Å². The zero-order valence-corrected chi connectivity index (χ0v) is 12.5. The van der Waals surface area contributed by atoms with Crippen molar-refractivity contribution in [1.29, 1.82) is 0 Å². The highest BCUT2D eigenvalue weighted by atomic mass is 32.2. The van der Waals surface area contributed by atoms with Crippen LogP contribution >= 0.6 is 11.8 Å². The molecule has 1 N–H and O–H groups in total. The molecule has 0 aliphatic carbocycles. The fourth-order valence-electron chi connectivity index (χ4n) is 1.71. The van der Waals surface area contributed by atoms with Crippen LogP contribution in [0.5, 0.6) is 5.75 Å². The van der Waals surface area contributed by atoms with Gasteiger partial charge in [-0.2, -0.15) is 16.9 Å². The highest BCUT2D eigenvalue weighted by Gasteiger charge is 2.20. The molecule has 2 unspecified atom stereocenters. The van der Waals surface area contributed by atoms with E-state index in [0.29, 0.717) is 16.8 Å². The van der Waals surface area contributed by atoms with E-state index in [1.165, 1.54) is 0 Å². The Morgan fingerprint density at radius 3 is 2.78 bits per heavy atom. The number of aliphatic hydroxyl groups excluding tert-OH is 1. The number of hydrogen-bond acceptors (Lipinski definition) is 4. The van der Waals surface area contributed by atoms with E-state index < -0.39 is 6.10 Å². The Hall–Kier alpha value is -0.680. The maximum absolute atomic E-state index is 10.3. The molecule has 5 heteroatoms. The van der Waals surface area contributed by atoms with Crippen LogP contribution in [0, 0.1) is 0 Å². The first-order chi connectivity index (χ1) is 8.63. The Labute approximate surface area is 114 Å². The van der Waals surface area contributed by atoms with Crippen molar-refractivity contribution in [2.24, 2.45) is 0 Å². The molecule has 0 radical (unpaired) electrons. The monoisotopic (exact) mass is 272 g/mol. The lowest BCUT2D eigenvalue weighted by Crippen LogP contribution is -2.13. The van der Waals surface area contributed by atoms with Gasteiger partial charge in [0.2, 0.25) is 0 Å². The van der Waals surface area contributed by atoms with Crippen LogP contribution in [0.25, 0.3) is 0 Å². The average Bonchev–Trinajstić information content (AvgIpc) is 2.78. The minimum absolute atomic E-state index is 0.520. The van der Waals surface area contributed by atoms with Crippen LogP contribution in [0.3, 0.4) is 0 Å². The van der Waals surface area contributed by atoms with Gasteiger partial charge in [0, 0.05) is 17.5 Å². The van der Waals surface area contributed by atoms with Crippen molar-refractivity contribution in [3.63, 3.8) is 0 Å². The van der Waals surface area contributed by atoms with Crippen LogP contribution in [-0.4, -0.2) is 33.0 Å². The van der Waals surface area contributed by atoms with E-state index in [1.54, 1.807) is 25.1 Å². The summed E-state index contributed by atoms with van der Waals surface area (Å²) in [6, 6.07) is 0. The number of aliphatic hydroxyl groups is 1. The number of nitrogens with zero attached hydrogens (tertiary/aromatic N) is 2. The molecule has 0 aliphatic heterocycles. The molecule has 18 heavy (non-hydrogen) atoms. The maximum Gasteiger partial charge on any atom is 0.162 e. The predicted molar refractivity (Wildman–Crippen MR) is 76.2 cm³/mol. The molecule has 0 amide bonds. The summed E-state index contributed by atoms with van der Waals surface area (Å²) in [6.07, 6.45) is 3.27. The molecule has 0 aromatic carbocycles. The number of hydrogen-bond donors (Lipinski definition) is 1. The normalized spacial score (nSPS) is 14.5. The minimum atomic E-state index is -0.520. The quantitative estimate of drug-likeness (QED) is 0.790. The highest BCUT2D eigenvalue weighted by Crippen LogP contribution is 2.29. The van der Waals surface area contributed by atoms with Crippen LogP contribution < -0.4 is 4.74 Å². The Morgan fingerprint density at radius 1 is 1.50 bits per heavy atom. The summed E-state index contributed by atoms with van der Waals surface area (Å²) in [5.41, 5.74) is 0.801. The summed E-state index contributed by atoms with van der Waals surface area (Å²) in [5, 5.41) is 15.1. The third-order valence-electron chi connectivity index (χ3n) is 2.93. The lowest BCUT2D eigenvalue weighted by molar-refractivity contribution is 0.186. The Morgan fingerprint density at radius 2 is 2.22 bits per heavy atom. The molecule has 0 bridgehead atoms. The smallest absolute Gasteiger partial charge is 0.162 e. The predicted octanol–water partition coefficient (Wildman–Crippen LogP) is 2.87. The van der Waals surface area contributed by atoms with Gasteiger partial charge in [-0.1, -0.05) is 20.8 Å². The number of rotatable bonds is 8. The van der Waals surface area contributed by atoms with Crippen LogP contribution in [-0.2, 0) is 6.54 Å². The SMILES string of the molecule is CCCn1ncc(OC)c1C(O)CSC(C)CC. The van der Waals surface area contributed by atoms with Gasteiger partial charge in [-0.15, -0.1) is 0 Å². The van der Waals surface area contributed by atoms with Crippen molar-refractivity contribution in [2.75, 3.05) is 12.9 Å². The molecule has 0 saturated carbocycles. The van der Waals surface area contributed by atoms with Crippen molar-refractivity contribution in [3.05, 3.63) is 11.9 Å². The minimum Gasteiger partial charge on any atom is -0.493 e. The van der Waals surface area contributed by atoms with E-state index in [0.717, 1.165) is 25.1 Å².